The Kier molecular flexibility index (Phi) is 5.26. The first-order valence-electron chi connectivity index (χ1n) is 7.73. The molecule has 2 amide bonds. The summed E-state index contributed by atoms with van der Waals surface area (Å²) in [6, 6.07) is 7.32. The standard InChI is InChI=1S/C17H24N4O2/c1-6-21(5)15-9-7-8-14(10-15)19-17(22)18-11(2)16-12(3)20-23-13(16)4/h7-11H,6H2,1-5H3,(H2,18,19,22). The van der Waals surface area contributed by atoms with Crippen LogP contribution in [-0.2, 0) is 0 Å². The number of rotatable bonds is 5. The minimum Gasteiger partial charge on any atom is -0.375 e. The second kappa shape index (κ2) is 7.17. The second-order valence-electron chi connectivity index (χ2n) is 5.62. The molecule has 2 rings (SSSR count). The van der Waals surface area contributed by atoms with Crippen molar-refractivity contribution in [1.29, 1.82) is 0 Å². The minimum atomic E-state index is -0.256. The van der Waals surface area contributed by atoms with Crippen molar-refractivity contribution in [2.45, 2.75) is 33.7 Å². The average molecular weight is 316 g/mol. The van der Waals surface area contributed by atoms with E-state index in [1.54, 1.807) is 0 Å². The maximum absolute atomic E-state index is 12.2. The van der Waals surface area contributed by atoms with E-state index >= 15 is 0 Å². The molecule has 0 aliphatic heterocycles. The lowest BCUT2D eigenvalue weighted by Crippen LogP contribution is -2.31. The number of carbonyl (C=O) groups excluding carboxylic acids is 1. The van der Waals surface area contributed by atoms with Gasteiger partial charge in [-0.25, -0.2) is 4.79 Å². The van der Waals surface area contributed by atoms with Crippen LogP contribution in [0.25, 0.3) is 0 Å². The summed E-state index contributed by atoms with van der Waals surface area (Å²) in [7, 11) is 2.01. The largest absolute Gasteiger partial charge is 0.375 e. The topological polar surface area (TPSA) is 70.4 Å². The first kappa shape index (κ1) is 16.9. The van der Waals surface area contributed by atoms with Crippen LogP contribution in [0, 0.1) is 13.8 Å². The van der Waals surface area contributed by atoms with Crippen LogP contribution in [0.1, 0.15) is 36.9 Å². The smallest absolute Gasteiger partial charge is 0.319 e. The summed E-state index contributed by atoms with van der Waals surface area (Å²) in [4.78, 5) is 14.3. The fourth-order valence-electron chi connectivity index (χ4n) is 2.55. The molecule has 0 aliphatic carbocycles. The third-order valence-electron chi connectivity index (χ3n) is 3.89. The van der Waals surface area contributed by atoms with Gasteiger partial charge in [0.2, 0.25) is 0 Å². The molecule has 0 fully saturated rings. The maximum Gasteiger partial charge on any atom is 0.319 e. The van der Waals surface area contributed by atoms with Crippen molar-refractivity contribution in [3.8, 4) is 0 Å². The molecule has 6 heteroatoms. The number of anilines is 2. The average Bonchev–Trinajstić information content (AvgIpc) is 2.85. The summed E-state index contributed by atoms with van der Waals surface area (Å²) < 4.78 is 5.14. The summed E-state index contributed by atoms with van der Waals surface area (Å²) in [5, 5.41) is 9.69. The molecule has 0 saturated heterocycles. The van der Waals surface area contributed by atoms with Gasteiger partial charge in [-0.1, -0.05) is 11.2 Å². The van der Waals surface area contributed by atoms with Crippen molar-refractivity contribution in [2.24, 2.45) is 0 Å². The molecule has 1 heterocycles. The van der Waals surface area contributed by atoms with E-state index in [0.29, 0.717) is 0 Å². The van der Waals surface area contributed by atoms with Gasteiger partial charge in [0, 0.05) is 30.5 Å². The molecule has 2 aromatic rings. The van der Waals surface area contributed by atoms with Gasteiger partial charge < -0.3 is 20.1 Å². The van der Waals surface area contributed by atoms with Crippen LogP contribution in [0.15, 0.2) is 28.8 Å². The lowest BCUT2D eigenvalue weighted by molar-refractivity contribution is 0.249. The van der Waals surface area contributed by atoms with Crippen LogP contribution < -0.4 is 15.5 Å². The molecule has 0 bridgehead atoms. The highest BCUT2D eigenvalue weighted by molar-refractivity contribution is 5.90. The first-order valence-corrected chi connectivity index (χ1v) is 7.73. The summed E-state index contributed by atoms with van der Waals surface area (Å²) in [6.07, 6.45) is 0. The van der Waals surface area contributed by atoms with E-state index in [0.717, 1.165) is 34.9 Å². The van der Waals surface area contributed by atoms with Crippen molar-refractivity contribution in [2.75, 3.05) is 23.8 Å². The highest BCUT2D eigenvalue weighted by Crippen LogP contribution is 2.21. The third-order valence-corrected chi connectivity index (χ3v) is 3.89. The minimum absolute atomic E-state index is 0.178. The Labute approximate surface area is 136 Å². The van der Waals surface area contributed by atoms with Crippen molar-refractivity contribution < 1.29 is 9.32 Å². The Hall–Kier alpha value is -2.50. The number of aryl methyl sites for hydroxylation is 2. The maximum atomic E-state index is 12.2. The number of benzene rings is 1. The Balaban J connectivity index is 2.02. The van der Waals surface area contributed by atoms with Gasteiger partial charge in [0.05, 0.1) is 11.7 Å². The molecule has 1 atom stereocenters. The summed E-state index contributed by atoms with van der Waals surface area (Å²) >= 11 is 0. The van der Waals surface area contributed by atoms with Gasteiger partial charge in [-0.3, -0.25) is 0 Å². The van der Waals surface area contributed by atoms with E-state index in [1.807, 2.05) is 52.1 Å². The lowest BCUT2D eigenvalue weighted by Gasteiger charge is -2.18. The molecule has 1 aromatic carbocycles. The monoisotopic (exact) mass is 316 g/mol. The molecule has 23 heavy (non-hydrogen) atoms. The number of amides is 2. The van der Waals surface area contributed by atoms with Crippen molar-refractivity contribution >= 4 is 17.4 Å². The first-order chi connectivity index (χ1) is 10.9. The number of hydrogen-bond acceptors (Lipinski definition) is 4. The number of nitrogens with one attached hydrogen (secondary N) is 2. The Morgan fingerprint density at radius 2 is 2.13 bits per heavy atom. The normalized spacial score (nSPS) is 11.9. The summed E-state index contributed by atoms with van der Waals surface area (Å²) in [5.74, 6) is 0.724. The highest BCUT2D eigenvalue weighted by Gasteiger charge is 2.18. The zero-order valence-corrected chi connectivity index (χ0v) is 14.3. The lowest BCUT2D eigenvalue weighted by atomic mass is 10.1. The van der Waals surface area contributed by atoms with Crippen LogP contribution >= 0.6 is 0 Å². The van der Waals surface area contributed by atoms with Crippen LogP contribution in [0.5, 0.6) is 0 Å². The van der Waals surface area contributed by atoms with E-state index in [-0.39, 0.29) is 12.1 Å². The SMILES string of the molecule is CCN(C)c1cccc(NC(=O)NC(C)c2c(C)noc2C)c1. The zero-order chi connectivity index (χ0) is 17.0. The van der Waals surface area contributed by atoms with Crippen LogP contribution in [0.2, 0.25) is 0 Å². The molecule has 1 aromatic heterocycles. The van der Waals surface area contributed by atoms with Crippen LogP contribution in [0.4, 0.5) is 16.2 Å². The number of carbonyl (C=O) groups is 1. The van der Waals surface area contributed by atoms with Gasteiger partial charge >= 0.3 is 6.03 Å². The predicted octanol–water partition coefficient (Wildman–Crippen LogP) is 3.63. The molecule has 124 valence electrons. The number of hydrogen-bond donors (Lipinski definition) is 2. The molecule has 0 radical (unpaired) electrons. The molecular weight excluding hydrogens is 292 g/mol. The van der Waals surface area contributed by atoms with Crippen LogP contribution in [-0.4, -0.2) is 24.8 Å². The third kappa shape index (κ3) is 4.03. The summed E-state index contributed by atoms with van der Waals surface area (Å²) in [6.45, 7) is 8.60. The van der Waals surface area contributed by atoms with Crippen LogP contribution in [0.3, 0.4) is 0 Å². The van der Waals surface area contributed by atoms with Gasteiger partial charge in [0.1, 0.15) is 5.76 Å². The molecule has 0 aliphatic rings. The van der Waals surface area contributed by atoms with E-state index in [1.165, 1.54) is 0 Å². The molecular formula is C17H24N4O2. The van der Waals surface area contributed by atoms with E-state index in [4.69, 9.17) is 4.52 Å². The molecule has 2 N–H and O–H groups in total. The van der Waals surface area contributed by atoms with Gasteiger partial charge in [-0.05, 0) is 45.9 Å². The second-order valence-corrected chi connectivity index (χ2v) is 5.62. The van der Waals surface area contributed by atoms with E-state index < -0.39 is 0 Å². The number of urea groups is 1. The van der Waals surface area contributed by atoms with E-state index in [9.17, 15) is 4.79 Å². The Morgan fingerprint density at radius 3 is 2.74 bits per heavy atom. The molecule has 1 unspecified atom stereocenters. The van der Waals surface area contributed by atoms with Crippen molar-refractivity contribution in [3.63, 3.8) is 0 Å². The van der Waals surface area contributed by atoms with Gasteiger partial charge in [0.25, 0.3) is 0 Å². The van der Waals surface area contributed by atoms with Gasteiger partial charge in [-0.2, -0.15) is 0 Å². The number of nitrogens with zero attached hydrogens (tertiary/aromatic N) is 2. The molecule has 6 nitrogen and oxygen atoms in total. The van der Waals surface area contributed by atoms with Crippen molar-refractivity contribution in [3.05, 3.63) is 41.3 Å². The van der Waals surface area contributed by atoms with E-state index in [2.05, 4.69) is 27.6 Å². The molecule has 0 spiro atoms. The zero-order valence-electron chi connectivity index (χ0n) is 14.3. The fraction of sp³-hybridized carbons (Fsp3) is 0.412. The Bertz CT molecular complexity index is 661. The van der Waals surface area contributed by atoms with Gasteiger partial charge in [-0.15, -0.1) is 0 Å². The summed E-state index contributed by atoms with van der Waals surface area (Å²) in [5.41, 5.74) is 3.52. The quantitative estimate of drug-likeness (QED) is 0.883. The Morgan fingerprint density at radius 1 is 1.39 bits per heavy atom. The van der Waals surface area contributed by atoms with Crippen molar-refractivity contribution in [1.82, 2.24) is 10.5 Å². The fourth-order valence-corrected chi connectivity index (χ4v) is 2.55. The highest BCUT2D eigenvalue weighted by atomic mass is 16.5. The molecule has 0 saturated carbocycles. The predicted molar refractivity (Wildman–Crippen MR) is 91.9 cm³/mol. The van der Waals surface area contributed by atoms with Gasteiger partial charge in [0.15, 0.2) is 0 Å². The number of aromatic nitrogens is 1.